The van der Waals surface area contributed by atoms with Gasteiger partial charge in [0.2, 0.25) is 5.91 Å². The first-order valence-electron chi connectivity index (χ1n) is 6.48. The van der Waals surface area contributed by atoms with E-state index in [9.17, 15) is 4.79 Å². The van der Waals surface area contributed by atoms with Crippen molar-refractivity contribution in [3.63, 3.8) is 0 Å². The Morgan fingerprint density at radius 1 is 1.05 bits per heavy atom. The topological polar surface area (TPSA) is 52.9 Å². The zero-order chi connectivity index (χ0) is 14.4. The molecule has 0 aliphatic carbocycles. The van der Waals surface area contributed by atoms with E-state index in [0.29, 0.717) is 12.8 Å². The van der Waals surface area contributed by atoms with Gasteiger partial charge in [0, 0.05) is 5.69 Å². The second kappa shape index (κ2) is 6.53. The summed E-state index contributed by atoms with van der Waals surface area (Å²) in [6, 6.07) is 17.4. The van der Waals surface area contributed by atoms with E-state index in [-0.39, 0.29) is 5.91 Å². The fourth-order valence-electron chi connectivity index (χ4n) is 1.89. The lowest BCUT2D eigenvalue weighted by molar-refractivity contribution is -0.115. The molecule has 1 N–H and O–H groups in total. The standard InChI is InChI=1S/C17H16N2O/c1-13-2-4-15(5-3-13)12-17(20)19-16-8-6-14(7-9-16)10-11-18/h2-9H,10,12H2,1H3,(H,19,20). The van der Waals surface area contributed by atoms with E-state index in [4.69, 9.17) is 5.26 Å². The Morgan fingerprint density at radius 2 is 1.65 bits per heavy atom. The Hall–Kier alpha value is -2.60. The number of aryl methyl sites for hydroxylation is 1. The number of nitrogens with one attached hydrogen (secondary N) is 1. The third-order valence-electron chi connectivity index (χ3n) is 3.01. The molecule has 3 nitrogen and oxygen atoms in total. The van der Waals surface area contributed by atoms with E-state index in [2.05, 4.69) is 11.4 Å². The molecule has 0 unspecified atom stereocenters. The summed E-state index contributed by atoms with van der Waals surface area (Å²) in [7, 11) is 0. The number of carbonyl (C=O) groups excluding carboxylic acids is 1. The Balaban J connectivity index is 1.94. The molecule has 2 aromatic rings. The first-order chi connectivity index (χ1) is 9.67. The summed E-state index contributed by atoms with van der Waals surface area (Å²) in [6.07, 6.45) is 0.748. The highest BCUT2D eigenvalue weighted by Gasteiger charge is 2.04. The highest BCUT2D eigenvalue weighted by Crippen LogP contribution is 2.11. The van der Waals surface area contributed by atoms with Crippen LogP contribution in [0.1, 0.15) is 16.7 Å². The van der Waals surface area contributed by atoms with Gasteiger partial charge in [0.1, 0.15) is 0 Å². The van der Waals surface area contributed by atoms with E-state index in [1.807, 2.05) is 55.5 Å². The number of hydrogen-bond donors (Lipinski definition) is 1. The van der Waals surface area contributed by atoms with Gasteiger partial charge in [-0.25, -0.2) is 0 Å². The van der Waals surface area contributed by atoms with Crippen molar-refractivity contribution in [3.8, 4) is 6.07 Å². The summed E-state index contributed by atoms with van der Waals surface area (Å²) in [5.74, 6) is -0.0399. The van der Waals surface area contributed by atoms with Crippen LogP contribution in [0, 0.1) is 18.3 Å². The summed E-state index contributed by atoms with van der Waals surface area (Å²) in [5, 5.41) is 11.5. The van der Waals surface area contributed by atoms with Crippen LogP contribution >= 0.6 is 0 Å². The Morgan fingerprint density at radius 3 is 2.25 bits per heavy atom. The number of amides is 1. The quantitative estimate of drug-likeness (QED) is 0.921. The van der Waals surface area contributed by atoms with E-state index in [0.717, 1.165) is 16.8 Å². The van der Waals surface area contributed by atoms with Gasteiger partial charge in [-0.15, -0.1) is 0 Å². The number of nitrogens with zero attached hydrogens (tertiary/aromatic N) is 1. The van der Waals surface area contributed by atoms with Gasteiger partial charge in [0.15, 0.2) is 0 Å². The normalized spacial score (nSPS) is 9.80. The number of nitriles is 1. The predicted molar refractivity (Wildman–Crippen MR) is 79.3 cm³/mol. The van der Waals surface area contributed by atoms with Gasteiger partial charge in [-0.3, -0.25) is 4.79 Å². The minimum atomic E-state index is -0.0399. The van der Waals surface area contributed by atoms with Crippen LogP contribution in [0.4, 0.5) is 5.69 Å². The van der Waals surface area contributed by atoms with Crippen molar-refractivity contribution in [1.29, 1.82) is 5.26 Å². The van der Waals surface area contributed by atoms with Crippen molar-refractivity contribution in [2.75, 3.05) is 5.32 Å². The Kier molecular flexibility index (Phi) is 4.52. The number of rotatable bonds is 4. The zero-order valence-electron chi connectivity index (χ0n) is 11.4. The molecule has 0 fully saturated rings. The summed E-state index contributed by atoms with van der Waals surface area (Å²) < 4.78 is 0. The fraction of sp³-hybridized carbons (Fsp3) is 0.176. The van der Waals surface area contributed by atoms with Gasteiger partial charge in [0.05, 0.1) is 18.9 Å². The van der Waals surface area contributed by atoms with Gasteiger partial charge in [-0.1, -0.05) is 42.0 Å². The monoisotopic (exact) mass is 264 g/mol. The van der Waals surface area contributed by atoms with Crippen molar-refractivity contribution < 1.29 is 4.79 Å². The summed E-state index contributed by atoms with van der Waals surface area (Å²) in [6.45, 7) is 2.02. The molecule has 2 rings (SSSR count). The number of benzene rings is 2. The van der Waals surface area contributed by atoms with E-state index < -0.39 is 0 Å². The van der Waals surface area contributed by atoms with Crippen molar-refractivity contribution in [1.82, 2.24) is 0 Å². The molecule has 0 aromatic heterocycles. The second-order valence-electron chi connectivity index (χ2n) is 4.74. The van der Waals surface area contributed by atoms with Crippen LogP contribution in [-0.4, -0.2) is 5.91 Å². The van der Waals surface area contributed by atoms with E-state index in [1.54, 1.807) is 0 Å². The van der Waals surface area contributed by atoms with Crippen LogP contribution in [0.2, 0.25) is 0 Å². The van der Waals surface area contributed by atoms with E-state index in [1.165, 1.54) is 5.56 Å². The number of hydrogen-bond acceptors (Lipinski definition) is 2. The molecule has 0 saturated heterocycles. The first kappa shape index (κ1) is 13.8. The third-order valence-corrected chi connectivity index (χ3v) is 3.01. The van der Waals surface area contributed by atoms with Crippen LogP contribution in [-0.2, 0) is 17.6 Å². The lowest BCUT2D eigenvalue weighted by Crippen LogP contribution is -2.14. The maximum Gasteiger partial charge on any atom is 0.228 e. The van der Waals surface area contributed by atoms with Crippen molar-refractivity contribution in [3.05, 3.63) is 65.2 Å². The molecular formula is C17H16N2O. The van der Waals surface area contributed by atoms with Crippen molar-refractivity contribution in [2.24, 2.45) is 0 Å². The first-order valence-corrected chi connectivity index (χ1v) is 6.48. The Bertz CT molecular complexity index is 622. The highest BCUT2D eigenvalue weighted by molar-refractivity contribution is 5.92. The van der Waals surface area contributed by atoms with Crippen molar-refractivity contribution in [2.45, 2.75) is 19.8 Å². The van der Waals surface area contributed by atoms with Crippen LogP contribution in [0.3, 0.4) is 0 Å². The molecule has 0 saturated carbocycles. The molecule has 0 spiro atoms. The molecule has 0 atom stereocenters. The molecule has 3 heteroatoms. The van der Waals surface area contributed by atoms with Crippen LogP contribution in [0.15, 0.2) is 48.5 Å². The second-order valence-corrected chi connectivity index (χ2v) is 4.74. The average Bonchev–Trinajstić information content (AvgIpc) is 2.44. The van der Waals surface area contributed by atoms with Gasteiger partial charge < -0.3 is 5.32 Å². The lowest BCUT2D eigenvalue weighted by atomic mass is 10.1. The molecule has 0 aliphatic heterocycles. The minimum Gasteiger partial charge on any atom is -0.326 e. The number of anilines is 1. The van der Waals surface area contributed by atoms with Gasteiger partial charge in [0.25, 0.3) is 0 Å². The summed E-state index contributed by atoms with van der Waals surface area (Å²) in [4.78, 5) is 11.9. The van der Waals surface area contributed by atoms with Crippen LogP contribution in [0.5, 0.6) is 0 Å². The van der Waals surface area contributed by atoms with Gasteiger partial charge in [-0.2, -0.15) is 5.26 Å². The van der Waals surface area contributed by atoms with Gasteiger partial charge >= 0.3 is 0 Å². The number of carbonyl (C=O) groups is 1. The van der Waals surface area contributed by atoms with Crippen LogP contribution in [0.25, 0.3) is 0 Å². The minimum absolute atomic E-state index is 0.0399. The maximum absolute atomic E-state index is 11.9. The molecule has 1 amide bonds. The molecule has 2 aromatic carbocycles. The molecule has 0 aliphatic rings. The lowest BCUT2D eigenvalue weighted by Gasteiger charge is -2.06. The highest BCUT2D eigenvalue weighted by atomic mass is 16.1. The zero-order valence-corrected chi connectivity index (χ0v) is 11.4. The van der Waals surface area contributed by atoms with Crippen LogP contribution < -0.4 is 5.32 Å². The molecule has 0 heterocycles. The molecule has 20 heavy (non-hydrogen) atoms. The molecule has 0 bridgehead atoms. The summed E-state index contributed by atoms with van der Waals surface area (Å²) in [5.41, 5.74) is 3.88. The molecule has 0 radical (unpaired) electrons. The maximum atomic E-state index is 11.9. The summed E-state index contributed by atoms with van der Waals surface area (Å²) >= 11 is 0. The third kappa shape index (κ3) is 3.96. The SMILES string of the molecule is Cc1ccc(CC(=O)Nc2ccc(CC#N)cc2)cc1. The predicted octanol–water partition coefficient (Wildman–Crippen LogP) is 3.24. The van der Waals surface area contributed by atoms with Crippen molar-refractivity contribution >= 4 is 11.6 Å². The average molecular weight is 264 g/mol. The Labute approximate surface area is 118 Å². The molecular weight excluding hydrogens is 248 g/mol. The largest absolute Gasteiger partial charge is 0.326 e. The fourth-order valence-corrected chi connectivity index (χ4v) is 1.89. The smallest absolute Gasteiger partial charge is 0.228 e. The van der Waals surface area contributed by atoms with Gasteiger partial charge in [-0.05, 0) is 30.2 Å². The van der Waals surface area contributed by atoms with E-state index >= 15 is 0 Å². The molecule has 100 valence electrons.